The minimum absolute atomic E-state index is 0.102. The molecule has 1 rings (SSSR count). The largest absolute Gasteiger partial charge is 0.543 e. The maximum absolute atomic E-state index is 12.9. The minimum atomic E-state index is -1.90. The van der Waals surface area contributed by atoms with E-state index in [1.807, 2.05) is 0 Å². The molecule has 0 bridgehead atoms. The third kappa shape index (κ3) is 2.98. The molecule has 0 aliphatic carbocycles. The third-order valence-electron chi connectivity index (χ3n) is 3.07. The van der Waals surface area contributed by atoms with Gasteiger partial charge in [0.2, 0.25) is 0 Å². The van der Waals surface area contributed by atoms with E-state index in [2.05, 4.69) is 33.9 Å². The molecule has 0 amide bonds. The van der Waals surface area contributed by atoms with Gasteiger partial charge in [0, 0.05) is 0 Å². The predicted octanol–water partition coefficient (Wildman–Crippen LogP) is 4.86. The van der Waals surface area contributed by atoms with Gasteiger partial charge in [-0.2, -0.15) is 0 Å². The molecule has 1 aromatic rings. The molecule has 0 saturated heterocycles. The SMILES string of the molecule is CC(C)(C)[Si](C)(C)Oc1ccc(F)cc1Cl. The van der Waals surface area contributed by atoms with E-state index >= 15 is 0 Å². The van der Waals surface area contributed by atoms with E-state index in [-0.39, 0.29) is 10.9 Å². The third-order valence-corrected chi connectivity index (χ3v) is 7.70. The van der Waals surface area contributed by atoms with Crippen LogP contribution in [0.1, 0.15) is 20.8 Å². The molecule has 0 saturated carbocycles. The van der Waals surface area contributed by atoms with Gasteiger partial charge in [-0.05, 0) is 36.3 Å². The van der Waals surface area contributed by atoms with E-state index < -0.39 is 8.32 Å². The lowest BCUT2D eigenvalue weighted by Gasteiger charge is -2.36. The molecule has 16 heavy (non-hydrogen) atoms. The molecule has 0 unspecified atom stereocenters. The van der Waals surface area contributed by atoms with Gasteiger partial charge in [-0.1, -0.05) is 32.4 Å². The Bertz CT molecular complexity index is 385. The van der Waals surface area contributed by atoms with Crippen LogP contribution in [0.3, 0.4) is 0 Å². The lowest BCUT2D eigenvalue weighted by molar-refractivity contribution is 0.490. The monoisotopic (exact) mass is 260 g/mol. The number of hydrogen-bond donors (Lipinski definition) is 0. The number of rotatable bonds is 2. The van der Waals surface area contributed by atoms with Gasteiger partial charge in [0.25, 0.3) is 8.32 Å². The van der Waals surface area contributed by atoms with E-state index in [9.17, 15) is 4.39 Å². The molecule has 0 fully saturated rings. The molecular weight excluding hydrogens is 243 g/mol. The highest BCUT2D eigenvalue weighted by Gasteiger charge is 2.39. The summed E-state index contributed by atoms with van der Waals surface area (Å²) in [5.74, 6) is 0.238. The highest BCUT2D eigenvalue weighted by atomic mass is 35.5. The first kappa shape index (κ1) is 13.5. The zero-order valence-electron chi connectivity index (χ0n) is 10.4. The van der Waals surface area contributed by atoms with Crippen molar-refractivity contribution in [1.82, 2.24) is 0 Å². The van der Waals surface area contributed by atoms with Crippen LogP contribution in [0.4, 0.5) is 4.39 Å². The molecule has 90 valence electrons. The smallest absolute Gasteiger partial charge is 0.250 e. The van der Waals surface area contributed by atoms with Crippen molar-refractivity contribution in [3.8, 4) is 5.75 Å². The Labute approximate surface area is 103 Å². The quantitative estimate of drug-likeness (QED) is 0.690. The van der Waals surface area contributed by atoms with Crippen molar-refractivity contribution in [3.63, 3.8) is 0 Å². The first-order valence-corrected chi connectivity index (χ1v) is 8.56. The average Bonchev–Trinajstić information content (AvgIpc) is 2.08. The Hall–Kier alpha value is -0.543. The molecule has 1 nitrogen and oxygen atoms in total. The normalized spacial score (nSPS) is 12.7. The van der Waals surface area contributed by atoms with Crippen LogP contribution in [0.15, 0.2) is 18.2 Å². The van der Waals surface area contributed by atoms with Crippen LogP contribution < -0.4 is 4.43 Å². The Kier molecular flexibility index (Phi) is 3.70. The standard InChI is InChI=1S/C12H18ClFOSi/c1-12(2,3)16(4,5)15-11-7-6-9(14)8-10(11)13/h6-8H,1-5H3. The van der Waals surface area contributed by atoms with Gasteiger partial charge in [-0.25, -0.2) is 4.39 Å². The topological polar surface area (TPSA) is 9.23 Å². The molecule has 0 aliphatic heterocycles. The fourth-order valence-electron chi connectivity index (χ4n) is 0.986. The van der Waals surface area contributed by atoms with Crippen molar-refractivity contribution in [2.45, 2.75) is 38.9 Å². The second kappa shape index (κ2) is 4.38. The Morgan fingerprint density at radius 3 is 2.25 bits per heavy atom. The van der Waals surface area contributed by atoms with E-state index in [1.54, 1.807) is 6.07 Å². The summed E-state index contributed by atoms with van der Waals surface area (Å²) in [5, 5.41) is 0.440. The molecule has 0 atom stereocenters. The van der Waals surface area contributed by atoms with Crippen LogP contribution in [0, 0.1) is 5.82 Å². The molecule has 0 N–H and O–H groups in total. The second-order valence-corrected chi connectivity index (χ2v) is 10.6. The van der Waals surface area contributed by atoms with Crippen LogP contribution >= 0.6 is 11.6 Å². The van der Waals surface area contributed by atoms with Crippen molar-refractivity contribution >= 4 is 19.9 Å². The summed E-state index contributed by atoms with van der Waals surface area (Å²) in [7, 11) is -1.90. The van der Waals surface area contributed by atoms with Gasteiger partial charge in [-0.15, -0.1) is 0 Å². The van der Waals surface area contributed by atoms with Crippen LogP contribution in [0.2, 0.25) is 23.2 Å². The fourth-order valence-corrected chi connectivity index (χ4v) is 2.29. The molecule has 0 heterocycles. The fraction of sp³-hybridized carbons (Fsp3) is 0.500. The summed E-state index contributed by atoms with van der Waals surface area (Å²) in [6.07, 6.45) is 0. The second-order valence-electron chi connectivity index (χ2n) is 5.44. The predicted molar refractivity (Wildman–Crippen MR) is 69.2 cm³/mol. The Morgan fingerprint density at radius 1 is 1.25 bits per heavy atom. The highest BCUT2D eigenvalue weighted by Crippen LogP contribution is 2.39. The molecule has 0 spiro atoms. The lowest BCUT2D eigenvalue weighted by Crippen LogP contribution is -2.43. The van der Waals surface area contributed by atoms with Crippen molar-refractivity contribution in [2.75, 3.05) is 0 Å². The number of hydrogen-bond acceptors (Lipinski definition) is 1. The van der Waals surface area contributed by atoms with Crippen molar-refractivity contribution < 1.29 is 8.82 Å². The van der Waals surface area contributed by atoms with Crippen molar-refractivity contribution in [2.24, 2.45) is 0 Å². The summed E-state index contributed by atoms with van der Waals surface area (Å²) in [5.41, 5.74) is 0. The van der Waals surface area contributed by atoms with Crippen molar-refractivity contribution in [1.29, 1.82) is 0 Å². The van der Waals surface area contributed by atoms with Crippen LogP contribution in [0.25, 0.3) is 0 Å². The molecule has 4 heteroatoms. The first-order chi connectivity index (χ1) is 7.13. The lowest BCUT2D eigenvalue weighted by atomic mass is 10.2. The van der Waals surface area contributed by atoms with E-state index in [0.29, 0.717) is 10.8 Å². The zero-order chi connectivity index (χ0) is 12.6. The Balaban J connectivity index is 2.97. The maximum Gasteiger partial charge on any atom is 0.250 e. The molecule has 0 radical (unpaired) electrons. The van der Waals surface area contributed by atoms with Crippen LogP contribution in [0.5, 0.6) is 5.75 Å². The van der Waals surface area contributed by atoms with Gasteiger partial charge >= 0.3 is 0 Å². The average molecular weight is 261 g/mol. The van der Waals surface area contributed by atoms with Crippen LogP contribution in [-0.2, 0) is 0 Å². The molecule has 0 aromatic heterocycles. The van der Waals surface area contributed by atoms with Gasteiger partial charge < -0.3 is 4.43 Å². The summed E-state index contributed by atoms with van der Waals surface area (Å²) in [4.78, 5) is 0. The number of halogens is 2. The highest BCUT2D eigenvalue weighted by molar-refractivity contribution is 6.74. The summed E-state index contributed by atoms with van der Waals surface area (Å²) in [6, 6.07) is 4.25. The zero-order valence-corrected chi connectivity index (χ0v) is 12.2. The first-order valence-electron chi connectivity index (χ1n) is 5.27. The molecule has 0 aliphatic rings. The minimum Gasteiger partial charge on any atom is -0.543 e. The summed E-state index contributed by atoms with van der Waals surface area (Å²) >= 11 is 5.94. The van der Waals surface area contributed by atoms with E-state index in [4.69, 9.17) is 16.0 Å². The van der Waals surface area contributed by atoms with Crippen molar-refractivity contribution in [3.05, 3.63) is 29.0 Å². The van der Waals surface area contributed by atoms with Gasteiger partial charge in [-0.3, -0.25) is 0 Å². The van der Waals surface area contributed by atoms with E-state index in [1.165, 1.54) is 12.1 Å². The van der Waals surface area contributed by atoms with E-state index in [0.717, 1.165) is 0 Å². The van der Waals surface area contributed by atoms with Gasteiger partial charge in [0.15, 0.2) is 0 Å². The molecule has 1 aromatic carbocycles. The van der Waals surface area contributed by atoms with Gasteiger partial charge in [0.1, 0.15) is 11.6 Å². The van der Waals surface area contributed by atoms with Gasteiger partial charge in [0.05, 0.1) is 5.02 Å². The Morgan fingerprint density at radius 2 is 1.81 bits per heavy atom. The van der Waals surface area contributed by atoms with Crippen LogP contribution in [-0.4, -0.2) is 8.32 Å². The summed E-state index contributed by atoms with van der Waals surface area (Å²) < 4.78 is 18.9. The summed E-state index contributed by atoms with van der Waals surface area (Å²) in [6.45, 7) is 10.7. The maximum atomic E-state index is 12.9. The molecular formula is C12H18ClFOSi. The number of benzene rings is 1.